The zero-order chi connectivity index (χ0) is 23.9. The zero-order valence-corrected chi connectivity index (χ0v) is 18.1. The fourth-order valence-electron chi connectivity index (χ4n) is 3.72. The maximum atomic E-state index is 13.2. The van der Waals surface area contributed by atoms with Crippen molar-refractivity contribution < 1.29 is 19.7 Å². The summed E-state index contributed by atoms with van der Waals surface area (Å²) in [5, 5.41) is 29.3. The number of hydrogen-bond acceptors (Lipinski definition) is 8. The molecule has 2 aromatic carbocycles. The lowest BCUT2D eigenvalue weighted by atomic mass is 9.83. The molecule has 0 saturated heterocycles. The first-order chi connectivity index (χ1) is 15.8. The number of carbonyl (C=O) groups is 1. The Morgan fingerprint density at radius 1 is 1.24 bits per heavy atom. The Hall–Kier alpha value is -4.49. The van der Waals surface area contributed by atoms with Crippen LogP contribution in [0.1, 0.15) is 17.0 Å². The Balaban J connectivity index is 2.05. The number of carbonyl (C=O) groups excluding carboxylic acids is 1. The van der Waals surface area contributed by atoms with Gasteiger partial charge in [-0.1, -0.05) is 18.2 Å². The van der Waals surface area contributed by atoms with Crippen molar-refractivity contribution in [3.63, 3.8) is 0 Å². The third kappa shape index (κ3) is 3.60. The monoisotopic (exact) mass is 462 g/mol. The number of amides is 1. The van der Waals surface area contributed by atoms with Crippen molar-refractivity contribution in [2.24, 2.45) is 11.5 Å². The van der Waals surface area contributed by atoms with Gasteiger partial charge in [-0.25, -0.2) is 0 Å². The van der Waals surface area contributed by atoms with Gasteiger partial charge in [-0.3, -0.25) is 14.2 Å². The van der Waals surface area contributed by atoms with Crippen LogP contribution in [-0.4, -0.2) is 27.8 Å². The fourth-order valence-corrected chi connectivity index (χ4v) is 4.91. The molecule has 10 heteroatoms. The molecule has 0 bridgehead atoms. The second kappa shape index (κ2) is 8.22. The van der Waals surface area contributed by atoms with Gasteiger partial charge < -0.3 is 26.4 Å². The number of fused-ring (bicyclic) bond motifs is 1. The average Bonchev–Trinajstić information content (AvgIpc) is 3.11. The normalized spacial score (nSPS) is 15.8. The summed E-state index contributed by atoms with van der Waals surface area (Å²) < 4.78 is 6.68. The van der Waals surface area contributed by atoms with Crippen LogP contribution >= 0.6 is 11.3 Å². The van der Waals surface area contributed by atoms with E-state index in [1.54, 1.807) is 30.3 Å². The van der Waals surface area contributed by atoms with Gasteiger partial charge in [-0.05, 0) is 41.5 Å². The molecule has 2 heterocycles. The van der Waals surface area contributed by atoms with E-state index in [9.17, 15) is 25.1 Å². The van der Waals surface area contributed by atoms with Crippen LogP contribution in [0.4, 0.5) is 0 Å². The first kappa shape index (κ1) is 21.7. The number of hydrogen-bond donors (Lipinski definition) is 4. The van der Waals surface area contributed by atoms with Crippen molar-refractivity contribution in [3.8, 4) is 23.3 Å². The summed E-state index contributed by atoms with van der Waals surface area (Å²) in [6, 6.07) is 12.5. The Bertz CT molecular complexity index is 1540. The molecule has 33 heavy (non-hydrogen) atoms. The van der Waals surface area contributed by atoms with E-state index in [0.29, 0.717) is 11.1 Å². The minimum Gasteiger partial charge on any atom is -0.508 e. The molecular weight excluding hydrogens is 444 g/mol. The van der Waals surface area contributed by atoms with Crippen molar-refractivity contribution in [1.29, 1.82) is 5.26 Å². The van der Waals surface area contributed by atoms with E-state index in [0.717, 1.165) is 15.9 Å². The minimum atomic E-state index is -0.896. The maximum Gasteiger partial charge on any atom is 0.274 e. The molecule has 4 rings (SSSR count). The number of nitrogens with two attached hydrogens (primary N) is 2. The van der Waals surface area contributed by atoms with Crippen molar-refractivity contribution >= 4 is 34.7 Å². The van der Waals surface area contributed by atoms with Crippen LogP contribution in [0, 0.1) is 11.3 Å². The lowest BCUT2D eigenvalue weighted by molar-refractivity contribution is -0.113. The van der Waals surface area contributed by atoms with E-state index in [-0.39, 0.29) is 43.4 Å². The van der Waals surface area contributed by atoms with E-state index >= 15 is 0 Å². The molecule has 0 fully saturated rings. The Kier molecular flexibility index (Phi) is 5.41. The lowest BCUT2D eigenvalue weighted by Crippen LogP contribution is -2.41. The molecule has 9 nitrogen and oxygen atoms in total. The molecule has 0 aliphatic carbocycles. The minimum absolute atomic E-state index is 0.000238. The number of aromatic nitrogens is 1. The average molecular weight is 462 g/mol. The van der Waals surface area contributed by atoms with Gasteiger partial charge in [0.1, 0.15) is 16.2 Å². The van der Waals surface area contributed by atoms with Crippen LogP contribution < -0.4 is 31.0 Å². The van der Waals surface area contributed by atoms with E-state index in [2.05, 4.69) is 0 Å². The smallest absolute Gasteiger partial charge is 0.274 e. The molecule has 0 radical (unpaired) electrons. The number of methoxy groups -OCH3 is 1. The third-order valence-electron chi connectivity index (χ3n) is 5.26. The molecule has 0 spiro atoms. The molecule has 1 atom stereocenters. The fraction of sp³-hybridized carbons (Fsp3) is 0.0870. The van der Waals surface area contributed by atoms with Crippen molar-refractivity contribution in [1.82, 2.24) is 4.57 Å². The quantitative estimate of drug-likeness (QED) is 0.431. The number of primary amides is 1. The van der Waals surface area contributed by atoms with Gasteiger partial charge in [0.2, 0.25) is 5.91 Å². The number of allylic oxidation sites excluding steroid dienone is 1. The Morgan fingerprint density at radius 2 is 1.94 bits per heavy atom. The topological polar surface area (TPSA) is 165 Å². The van der Waals surface area contributed by atoms with E-state index in [1.165, 1.54) is 25.3 Å². The molecule has 0 saturated carbocycles. The van der Waals surface area contributed by atoms with Gasteiger partial charge >= 0.3 is 0 Å². The van der Waals surface area contributed by atoms with Crippen LogP contribution in [0.2, 0.25) is 0 Å². The van der Waals surface area contributed by atoms with Gasteiger partial charge in [0.05, 0.1) is 34.8 Å². The predicted molar refractivity (Wildman–Crippen MR) is 123 cm³/mol. The highest BCUT2D eigenvalue weighted by atomic mass is 32.1. The summed E-state index contributed by atoms with van der Waals surface area (Å²) in [7, 11) is 1.41. The second-order valence-electron chi connectivity index (χ2n) is 7.20. The summed E-state index contributed by atoms with van der Waals surface area (Å²) in [5.41, 5.74) is 12.6. The molecule has 1 aliphatic heterocycles. The molecule has 1 amide bonds. The summed E-state index contributed by atoms with van der Waals surface area (Å²) in [6.45, 7) is 0. The summed E-state index contributed by atoms with van der Waals surface area (Å²) in [6.07, 6.45) is 1.56. The number of ether oxygens (including phenoxy) is 1. The van der Waals surface area contributed by atoms with Gasteiger partial charge in [-0.2, -0.15) is 5.26 Å². The summed E-state index contributed by atoms with van der Waals surface area (Å²) in [4.78, 5) is 25.7. The predicted octanol–water partition coefficient (Wildman–Crippen LogP) is 0.243. The molecule has 1 aliphatic rings. The highest BCUT2D eigenvalue weighted by Gasteiger charge is 2.34. The number of aromatic hydroxyl groups is 2. The molecular formula is C23H18N4O5S. The number of thiazole rings is 1. The van der Waals surface area contributed by atoms with E-state index < -0.39 is 17.4 Å². The van der Waals surface area contributed by atoms with E-state index in [4.69, 9.17) is 16.2 Å². The highest BCUT2D eigenvalue weighted by molar-refractivity contribution is 7.07. The Morgan fingerprint density at radius 3 is 2.55 bits per heavy atom. The summed E-state index contributed by atoms with van der Waals surface area (Å²) >= 11 is 1.01. The molecule has 1 unspecified atom stereocenters. The number of phenols is 2. The zero-order valence-electron chi connectivity index (χ0n) is 17.3. The van der Waals surface area contributed by atoms with Crippen LogP contribution in [0.5, 0.6) is 17.2 Å². The Labute approximate surface area is 191 Å². The highest BCUT2D eigenvalue weighted by Crippen LogP contribution is 2.36. The summed E-state index contributed by atoms with van der Waals surface area (Å²) in [5.74, 6) is -1.61. The van der Waals surface area contributed by atoms with Crippen LogP contribution in [-0.2, 0) is 4.79 Å². The molecule has 3 aromatic rings. The number of rotatable bonds is 4. The maximum absolute atomic E-state index is 13.2. The van der Waals surface area contributed by atoms with Gasteiger partial charge in [0, 0.05) is 0 Å². The molecule has 1 aromatic heterocycles. The molecule has 6 N–H and O–H groups in total. The van der Waals surface area contributed by atoms with Crippen molar-refractivity contribution in [2.75, 3.05) is 7.11 Å². The van der Waals surface area contributed by atoms with Gasteiger partial charge in [0.25, 0.3) is 5.56 Å². The van der Waals surface area contributed by atoms with Crippen LogP contribution in [0.15, 0.2) is 52.8 Å². The number of benzene rings is 2. The van der Waals surface area contributed by atoms with Crippen molar-refractivity contribution in [2.45, 2.75) is 5.92 Å². The van der Waals surface area contributed by atoms with Crippen molar-refractivity contribution in [3.05, 3.63) is 78.7 Å². The first-order valence-electron chi connectivity index (χ1n) is 9.60. The third-order valence-corrected chi connectivity index (χ3v) is 6.37. The number of nitriles is 1. The number of nitrogens with zero attached hydrogens (tertiary/aromatic N) is 2. The second-order valence-corrected chi connectivity index (χ2v) is 8.23. The van der Waals surface area contributed by atoms with E-state index in [1.807, 2.05) is 6.07 Å². The molecule has 166 valence electrons. The first-order valence-corrected chi connectivity index (χ1v) is 10.4. The van der Waals surface area contributed by atoms with Gasteiger partial charge in [0.15, 0.2) is 11.5 Å². The number of phenolic OH excluding ortho intramolecular Hbond substituents is 2. The van der Waals surface area contributed by atoms with Crippen LogP contribution in [0.3, 0.4) is 0 Å². The van der Waals surface area contributed by atoms with Crippen LogP contribution in [0.25, 0.3) is 17.5 Å². The SMILES string of the molecule is COc1cc(/C=c2/sc3n(c2=O)C(N)=C(C#N)C(c2ccc(O)cc2)C=3C(N)=O)ccc1O. The standard InChI is InChI=1S/C23H18N4O5S/c1-32-16-8-11(2-7-15(16)29)9-17-22(31)27-20(25)14(10-24)18(12-3-5-13(28)6-4-12)19(21(26)30)23(27)33-17/h2-9,18,28-29H,25H2,1H3,(H2,26,30)/b17-9+. The van der Waals surface area contributed by atoms with Gasteiger partial charge in [-0.15, -0.1) is 11.3 Å². The largest absolute Gasteiger partial charge is 0.508 e. The lowest BCUT2D eigenvalue weighted by Gasteiger charge is -2.24.